The van der Waals surface area contributed by atoms with Gasteiger partial charge < -0.3 is 15.4 Å². The largest absolute Gasteiger partial charge is 0.493 e. The summed E-state index contributed by atoms with van der Waals surface area (Å²) < 4.78 is 5.68. The maximum absolute atomic E-state index is 13.1. The molecule has 0 bridgehead atoms. The van der Waals surface area contributed by atoms with Gasteiger partial charge in [0.1, 0.15) is 5.75 Å². The first-order valence-corrected chi connectivity index (χ1v) is 8.55. The van der Waals surface area contributed by atoms with Crippen molar-refractivity contribution in [2.24, 2.45) is 5.73 Å². The number of para-hydroxylation sites is 1. The fourth-order valence-electron chi connectivity index (χ4n) is 3.88. The monoisotopic (exact) mass is 358 g/mol. The van der Waals surface area contributed by atoms with Gasteiger partial charge in [-0.1, -0.05) is 48.5 Å². The van der Waals surface area contributed by atoms with Crippen LogP contribution in [0.1, 0.15) is 29.4 Å². The van der Waals surface area contributed by atoms with Crippen molar-refractivity contribution < 1.29 is 9.53 Å². The Balaban J connectivity index is 0.00000182. The van der Waals surface area contributed by atoms with Gasteiger partial charge in [-0.25, -0.2) is 0 Å². The van der Waals surface area contributed by atoms with Crippen molar-refractivity contribution >= 4 is 18.3 Å². The van der Waals surface area contributed by atoms with Gasteiger partial charge in [-0.15, -0.1) is 12.4 Å². The van der Waals surface area contributed by atoms with E-state index in [2.05, 4.69) is 12.1 Å². The smallest absolute Gasteiger partial charge is 0.230 e. The highest BCUT2D eigenvalue weighted by Crippen LogP contribution is 2.36. The molecule has 2 aromatic rings. The third kappa shape index (κ3) is 3.37. The number of halogens is 1. The van der Waals surface area contributed by atoms with Crippen molar-refractivity contribution in [3.8, 4) is 5.75 Å². The molecule has 1 saturated heterocycles. The highest BCUT2D eigenvalue weighted by Gasteiger charge is 2.38. The molecule has 3 atom stereocenters. The molecule has 0 saturated carbocycles. The number of amides is 1. The van der Waals surface area contributed by atoms with E-state index in [1.807, 2.05) is 47.4 Å². The molecule has 1 fully saturated rings. The molecule has 1 amide bonds. The zero-order valence-electron chi connectivity index (χ0n) is 14.0. The number of carbonyl (C=O) groups is 1. The Labute approximate surface area is 154 Å². The molecule has 2 aromatic carbocycles. The van der Waals surface area contributed by atoms with Gasteiger partial charge in [0.05, 0.1) is 12.5 Å². The van der Waals surface area contributed by atoms with Gasteiger partial charge in [0, 0.05) is 30.6 Å². The Morgan fingerprint density at radius 2 is 1.76 bits per heavy atom. The number of carbonyl (C=O) groups excluding carboxylic acids is 1. The second kappa shape index (κ2) is 7.46. The summed E-state index contributed by atoms with van der Waals surface area (Å²) in [6, 6.07) is 18.1. The molecule has 2 aliphatic rings. The molecule has 4 nitrogen and oxygen atoms in total. The van der Waals surface area contributed by atoms with Crippen LogP contribution in [0.4, 0.5) is 0 Å². The third-order valence-corrected chi connectivity index (χ3v) is 5.16. The summed E-state index contributed by atoms with van der Waals surface area (Å²) in [6.45, 7) is 1.91. The molecule has 0 spiro atoms. The second-order valence-corrected chi connectivity index (χ2v) is 6.65. The van der Waals surface area contributed by atoms with E-state index in [4.69, 9.17) is 10.5 Å². The number of fused-ring (bicyclic) bond motifs is 1. The highest BCUT2D eigenvalue weighted by molar-refractivity contribution is 5.85. The van der Waals surface area contributed by atoms with Crippen LogP contribution in [-0.2, 0) is 4.79 Å². The lowest BCUT2D eigenvalue weighted by Crippen LogP contribution is -2.37. The summed E-state index contributed by atoms with van der Waals surface area (Å²) in [4.78, 5) is 15.0. The van der Waals surface area contributed by atoms with Crippen molar-refractivity contribution in [1.82, 2.24) is 4.90 Å². The molecule has 0 aliphatic carbocycles. The van der Waals surface area contributed by atoms with Crippen LogP contribution < -0.4 is 10.5 Å². The van der Waals surface area contributed by atoms with Crippen LogP contribution in [0.5, 0.6) is 5.75 Å². The van der Waals surface area contributed by atoms with Crippen molar-refractivity contribution in [3.05, 3.63) is 65.7 Å². The molecule has 4 rings (SSSR count). The SMILES string of the molecule is Cl.N[C@@H]1CN(C(=O)C2CCOc3ccccc32)C[C@H]1c1ccccc1. The van der Waals surface area contributed by atoms with Crippen LogP contribution in [0.3, 0.4) is 0 Å². The Morgan fingerprint density at radius 1 is 1.04 bits per heavy atom. The van der Waals surface area contributed by atoms with Gasteiger partial charge in [0.2, 0.25) is 5.91 Å². The maximum Gasteiger partial charge on any atom is 0.230 e. The molecule has 5 heteroatoms. The minimum Gasteiger partial charge on any atom is -0.493 e. The Hall–Kier alpha value is -2.04. The van der Waals surface area contributed by atoms with Crippen molar-refractivity contribution in [1.29, 1.82) is 0 Å². The van der Waals surface area contributed by atoms with E-state index in [0.717, 1.165) is 17.7 Å². The minimum atomic E-state index is -0.114. The van der Waals surface area contributed by atoms with E-state index in [1.54, 1.807) is 0 Å². The van der Waals surface area contributed by atoms with Gasteiger partial charge in [-0.2, -0.15) is 0 Å². The van der Waals surface area contributed by atoms with Crippen molar-refractivity contribution in [2.45, 2.75) is 24.3 Å². The van der Waals surface area contributed by atoms with Crippen LogP contribution >= 0.6 is 12.4 Å². The van der Waals surface area contributed by atoms with Gasteiger partial charge in [-0.05, 0) is 18.1 Å². The predicted molar refractivity (Wildman–Crippen MR) is 100 cm³/mol. The lowest BCUT2D eigenvalue weighted by atomic mass is 9.92. The molecule has 2 heterocycles. The summed E-state index contributed by atoms with van der Waals surface area (Å²) in [7, 11) is 0. The normalized spacial score (nSPS) is 24.8. The number of benzene rings is 2. The van der Waals surface area contributed by atoms with Crippen LogP contribution in [0.25, 0.3) is 0 Å². The predicted octanol–water partition coefficient (Wildman–Crippen LogP) is 2.93. The van der Waals surface area contributed by atoms with Crippen LogP contribution in [0, 0.1) is 0 Å². The lowest BCUT2D eigenvalue weighted by molar-refractivity contribution is -0.132. The van der Waals surface area contributed by atoms with E-state index in [-0.39, 0.29) is 36.2 Å². The number of hydrogen-bond donors (Lipinski definition) is 1. The molecular formula is C20H23ClN2O2. The summed E-state index contributed by atoms with van der Waals surface area (Å²) in [6.07, 6.45) is 0.734. The Kier molecular flexibility index (Phi) is 5.30. The highest BCUT2D eigenvalue weighted by atomic mass is 35.5. The molecule has 2 N–H and O–H groups in total. The van der Waals surface area contributed by atoms with Gasteiger partial charge in [0.15, 0.2) is 0 Å². The summed E-state index contributed by atoms with van der Waals surface area (Å²) in [5, 5.41) is 0. The van der Waals surface area contributed by atoms with Crippen LogP contribution in [0.2, 0.25) is 0 Å². The lowest BCUT2D eigenvalue weighted by Gasteiger charge is -2.28. The molecule has 0 aromatic heterocycles. The number of likely N-dealkylation sites (tertiary alicyclic amines) is 1. The second-order valence-electron chi connectivity index (χ2n) is 6.65. The van der Waals surface area contributed by atoms with Gasteiger partial charge in [-0.3, -0.25) is 4.79 Å². The molecule has 132 valence electrons. The number of hydrogen-bond acceptors (Lipinski definition) is 3. The van der Waals surface area contributed by atoms with Gasteiger partial charge >= 0.3 is 0 Å². The molecule has 0 radical (unpaired) electrons. The van der Waals surface area contributed by atoms with Gasteiger partial charge in [0.25, 0.3) is 0 Å². The Bertz CT molecular complexity index is 737. The first-order valence-electron chi connectivity index (χ1n) is 8.55. The molecule has 2 aliphatic heterocycles. The average Bonchev–Trinajstić information content (AvgIpc) is 3.03. The van der Waals surface area contributed by atoms with E-state index in [9.17, 15) is 4.79 Å². The quantitative estimate of drug-likeness (QED) is 0.898. The Morgan fingerprint density at radius 3 is 2.56 bits per heavy atom. The van der Waals surface area contributed by atoms with Crippen LogP contribution in [0.15, 0.2) is 54.6 Å². The van der Waals surface area contributed by atoms with E-state index in [1.165, 1.54) is 5.56 Å². The topological polar surface area (TPSA) is 55.6 Å². The van der Waals surface area contributed by atoms with Crippen molar-refractivity contribution in [3.63, 3.8) is 0 Å². The molecule has 25 heavy (non-hydrogen) atoms. The van der Waals surface area contributed by atoms with Crippen molar-refractivity contribution in [2.75, 3.05) is 19.7 Å². The number of rotatable bonds is 2. The molecular weight excluding hydrogens is 336 g/mol. The summed E-state index contributed by atoms with van der Waals surface area (Å²) >= 11 is 0. The minimum absolute atomic E-state index is 0. The molecule has 1 unspecified atom stereocenters. The number of nitrogens with two attached hydrogens (primary N) is 1. The van der Waals surface area contributed by atoms with Crippen LogP contribution in [-0.4, -0.2) is 36.5 Å². The van der Waals surface area contributed by atoms with E-state index in [0.29, 0.717) is 19.7 Å². The first-order chi connectivity index (χ1) is 11.7. The standard InChI is InChI=1S/C20H22N2O2.ClH/c21-18-13-22(12-17(18)14-6-2-1-3-7-14)20(23)16-10-11-24-19-9-5-4-8-15(16)19;/h1-9,16-18H,10-13,21H2;1H/t16?,17-,18+;/m0./s1. The first kappa shape index (κ1) is 17.8. The summed E-state index contributed by atoms with van der Waals surface area (Å²) in [5.74, 6) is 1.12. The third-order valence-electron chi connectivity index (χ3n) is 5.16. The van der Waals surface area contributed by atoms with E-state index >= 15 is 0 Å². The number of ether oxygens (including phenoxy) is 1. The fourth-order valence-corrected chi connectivity index (χ4v) is 3.88. The zero-order chi connectivity index (χ0) is 16.5. The number of nitrogens with zero attached hydrogens (tertiary/aromatic N) is 1. The fraction of sp³-hybridized carbons (Fsp3) is 0.350. The van der Waals surface area contributed by atoms with E-state index < -0.39 is 0 Å². The average molecular weight is 359 g/mol. The summed E-state index contributed by atoms with van der Waals surface area (Å²) in [5.41, 5.74) is 8.57. The maximum atomic E-state index is 13.1. The zero-order valence-corrected chi connectivity index (χ0v) is 14.8.